The highest BCUT2D eigenvalue weighted by Gasteiger charge is 2.47. The summed E-state index contributed by atoms with van der Waals surface area (Å²) in [5.74, 6) is 1.35. The Labute approximate surface area is 104 Å². The van der Waals surface area contributed by atoms with Crippen molar-refractivity contribution in [2.75, 3.05) is 0 Å². The van der Waals surface area contributed by atoms with Gasteiger partial charge in [0.25, 0.3) is 0 Å². The van der Waals surface area contributed by atoms with E-state index in [0.717, 1.165) is 25.5 Å². The summed E-state index contributed by atoms with van der Waals surface area (Å²) in [6, 6.07) is 0. The van der Waals surface area contributed by atoms with E-state index in [1.807, 2.05) is 0 Å². The molecule has 0 aliphatic heterocycles. The summed E-state index contributed by atoms with van der Waals surface area (Å²) in [5, 5.41) is 0. The molecule has 2 nitrogen and oxygen atoms in total. The SMILES string of the molecule is C=C(CCC=O)[C@H]1CC(C)(C)[C@@H]1CCC(C)=O. The van der Waals surface area contributed by atoms with E-state index in [1.165, 1.54) is 5.57 Å². The molecular formula is C15H24O2. The van der Waals surface area contributed by atoms with Gasteiger partial charge in [0.15, 0.2) is 0 Å². The predicted molar refractivity (Wildman–Crippen MR) is 69.7 cm³/mol. The second-order valence-electron chi connectivity index (χ2n) is 6.01. The predicted octanol–water partition coefficient (Wildman–Crippen LogP) is 3.55. The molecule has 2 atom stereocenters. The summed E-state index contributed by atoms with van der Waals surface area (Å²) in [7, 11) is 0. The van der Waals surface area contributed by atoms with Gasteiger partial charge in [-0.1, -0.05) is 26.0 Å². The molecule has 0 bridgehead atoms. The summed E-state index contributed by atoms with van der Waals surface area (Å²) in [6.45, 7) is 10.3. The van der Waals surface area contributed by atoms with Crippen LogP contribution in [0.5, 0.6) is 0 Å². The lowest BCUT2D eigenvalue weighted by Crippen LogP contribution is -2.44. The van der Waals surface area contributed by atoms with Gasteiger partial charge in [-0.15, -0.1) is 0 Å². The topological polar surface area (TPSA) is 34.1 Å². The lowest BCUT2D eigenvalue weighted by molar-refractivity contribution is -0.118. The molecule has 1 saturated carbocycles. The maximum absolute atomic E-state index is 11.1. The molecule has 0 saturated heterocycles. The summed E-state index contributed by atoms with van der Waals surface area (Å²) in [5.41, 5.74) is 1.52. The largest absolute Gasteiger partial charge is 0.303 e. The Balaban J connectivity index is 2.53. The highest BCUT2D eigenvalue weighted by Crippen LogP contribution is 2.55. The zero-order valence-electron chi connectivity index (χ0n) is 11.3. The van der Waals surface area contributed by atoms with Crippen LogP contribution >= 0.6 is 0 Å². The number of ketones is 1. The number of aldehydes is 1. The third-order valence-corrected chi connectivity index (χ3v) is 4.15. The van der Waals surface area contributed by atoms with Crippen molar-refractivity contribution in [3.8, 4) is 0 Å². The van der Waals surface area contributed by atoms with E-state index < -0.39 is 0 Å². The molecule has 0 aromatic rings. The van der Waals surface area contributed by atoms with E-state index >= 15 is 0 Å². The molecule has 96 valence electrons. The lowest BCUT2D eigenvalue weighted by Gasteiger charge is -2.53. The summed E-state index contributed by atoms with van der Waals surface area (Å²) in [6.07, 6.45) is 5.13. The maximum atomic E-state index is 11.1. The van der Waals surface area contributed by atoms with Gasteiger partial charge in [0.05, 0.1) is 0 Å². The van der Waals surface area contributed by atoms with Crippen LogP contribution in [0.4, 0.5) is 0 Å². The molecule has 2 heteroatoms. The maximum Gasteiger partial charge on any atom is 0.129 e. The smallest absolute Gasteiger partial charge is 0.129 e. The van der Waals surface area contributed by atoms with E-state index in [1.54, 1.807) is 6.92 Å². The minimum atomic E-state index is 0.268. The Morgan fingerprint density at radius 2 is 2.06 bits per heavy atom. The van der Waals surface area contributed by atoms with Gasteiger partial charge in [-0.2, -0.15) is 0 Å². The highest BCUT2D eigenvalue weighted by atomic mass is 16.1. The second-order valence-corrected chi connectivity index (χ2v) is 6.01. The Morgan fingerprint density at radius 3 is 2.53 bits per heavy atom. The first kappa shape index (κ1) is 14.1. The number of hydrogen-bond acceptors (Lipinski definition) is 2. The Hall–Kier alpha value is -0.920. The van der Waals surface area contributed by atoms with Crippen molar-refractivity contribution in [2.24, 2.45) is 17.3 Å². The molecule has 0 N–H and O–H groups in total. The molecule has 17 heavy (non-hydrogen) atoms. The van der Waals surface area contributed by atoms with Gasteiger partial charge in [-0.25, -0.2) is 0 Å². The molecule has 0 spiro atoms. The molecule has 0 heterocycles. The molecule has 1 rings (SSSR count). The van der Waals surface area contributed by atoms with Gasteiger partial charge in [-0.3, -0.25) is 0 Å². The molecule has 0 radical (unpaired) electrons. The Kier molecular flexibility index (Phi) is 4.67. The number of carbonyl (C=O) groups excluding carboxylic acids is 2. The molecule has 1 fully saturated rings. The average Bonchev–Trinajstić information content (AvgIpc) is 2.22. The molecule has 0 aromatic carbocycles. The quantitative estimate of drug-likeness (QED) is 0.500. The van der Waals surface area contributed by atoms with Crippen LogP contribution in [0.15, 0.2) is 12.2 Å². The zero-order valence-corrected chi connectivity index (χ0v) is 11.3. The molecule has 0 aromatic heterocycles. The minimum absolute atomic E-state index is 0.268. The van der Waals surface area contributed by atoms with Crippen LogP contribution < -0.4 is 0 Å². The first-order chi connectivity index (χ1) is 7.88. The Morgan fingerprint density at radius 1 is 1.41 bits per heavy atom. The number of allylic oxidation sites excluding steroid dienone is 1. The third-order valence-electron chi connectivity index (χ3n) is 4.15. The van der Waals surface area contributed by atoms with E-state index in [0.29, 0.717) is 30.1 Å². The van der Waals surface area contributed by atoms with Crippen LogP contribution in [0.2, 0.25) is 0 Å². The van der Waals surface area contributed by atoms with Gasteiger partial charge in [0.1, 0.15) is 12.1 Å². The first-order valence-electron chi connectivity index (χ1n) is 6.49. The second kappa shape index (κ2) is 5.61. The molecule has 0 amide bonds. The van der Waals surface area contributed by atoms with Crippen molar-refractivity contribution in [3.63, 3.8) is 0 Å². The number of carbonyl (C=O) groups is 2. The minimum Gasteiger partial charge on any atom is -0.303 e. The number of rotatable bonds is 7. The standard InChI is InChI=1S/C15H24O2/c1-11(6-5-9-16)13-10-15(3,4)14(13)8-7-12(2)17/h9,13-14H,1,5-8,10H2,2-4H3/t13-,14-/m1/s1. The number of hydrogen-bond donors (Lipinski definition) is 0. The zero-order chi connectivity index (χ0) is 13.1. The van der Waals surface area contributed by atoms with Crippen LogP contribution in [0.1, 0.15) is 52.9 Å². The van der Waals surface area contributed by atoms with E-state index in [9.17, 15) is 9.59 Å². The third kappa shape index (κ3) is 3.52. The van der Waals surface area contributed by atoms with Gasteiger partial charge >= 0.3 is 0 Å². The monoisotopic (exact) mass is 236 g/mol. The van der Waals surface area contributed by atoms with Crippen LogP contribution in [-0.4, -0.2) is 12.1 Å². The van der Waals surface area contributed by atoms with Crippen LogP contribution in [0, 0.1) is 17.3 Å². The van der Waals surface area contributed by atoms with Gasteiger partial charge in [-0.05, 0) is 43.4 Å². The molecule has 1 aliphatic carbocycles. The molecule has 1 aliphatic rings. The van der Waals surface area contributed by atoms with E-state index in [4.69, 9.17) is 0 Å². The van der Waals surface area contributed by atoms with Gasteiger partial charge in [0.2, 0.25) is 0 Å². The Bertz CT molecular complexity index is 315. The normalized spacial score (nSPS) is 26.1. The molecular weight excluding hydrogens is 212 g/mol. The first-order valence-corrected chi connectivity index (χ1v) is 6.49. The summed E-state index contributed by atoms with van der Waals surface area (Å²) in [4.78, 5) is 21.5. The van der Waals surface area contributed by atoms with Crippen LogP contribution in [-0.2, 0) is 9.59 Å². The fourth-order valence-corrected chi connectivity index (χ4v) is 3.05. The van der Waals surface area contributed by atoms with Crippen LogP contribution in [0.3, 0.4) is 0 Å². The fourth-order valence-electron chi connectivity index (χ4n) is 3.05. The number of Topliss-reactive ketones (excluding diaryl/α,β-unsaturated/α-hetero) is 1. The lowest BCUT2D eigenvalue weighted by atomic mass is 9.52. The van der Waals surface area contributed by atoms with Crippen molar-refractivity contribution in [1.82, 2.24) is 0 Å². The van der Waals surface area contributed by atoms with Crippen molar-refractivity contribution >= 4 is 12.1 Å². The van der Waals surface area contributed by atoms with E-state index in [2.05, 4.69) is 20.4 Å². The van der Waals surface area contributed by atoms with Gasteiger partial charge in [0, 0.05) is 12.8 Å². The van der Waals surface area contributed by atoms with Crippen LogP contribution in [0.25, 0.3) is 0 Å². The fraction of sp³-hybridized carbons (Fsp3) is 0.733. The van der Waals surface area contributed by atoms with Gasteiger partial charge < -0.3 is 9.59 Å². The summed E-state index contributed by atoms with van der Waals surface area (Å²) >= 11 is 0. The summed E-state index contributed by atoms with van der Waals surface area (Å²) < 4.78 is 0. The van der Waals surface area contributed by atoms with Crippen molar-refractivity contribution in [2.45, 2.75) is 52.9 Å². The van der Waals surface area contributed by atoms with Crippen molar-refractivity contribution in [3.05, 3.63) is 12.2 Å². The van der Waals surface area contributed by atoms with Crippen molar-refractivity contribution in [1.29, 1.82) is 0 Å². The highest BCUT2D eigenvalue weighted by molar-refractivity contribution is 5.75. The van der Waals surface area contributed by atoms with Crippen molar-refractivity contribution < 1.29 is 9.59 Å². The molecule has 0 unspecified atom stereocenters. The average molecular weight is 236 g/mol. The van der Waals surface area contributed by atoms with E-state index in [-0.39, 0.29) is 5.78 Å².